The van der Waals surface area contributed by atoms with Gasteiger partial charge in [0.05, 0.1) is 5.56 Å². The van der Waals surface area contributed by atoms with E-state index in [9.17, 15) is 9.59 Å². The predicted molar refractivity (Wildman–Crippen MR) is 86.5 cm³/mol. The first-order valence-corrected chi connectivity index (χ1v) is 8.22. The van der Waals surface area contributed by atoms with Crippen LogP contribution in [0.4, 0.5) is 0 Å². The molecule has 1 fully saturated rings. The molecular formula is C15H18BrClN2O2. The zero-order chi connectivity index (χ0) is 15.4. The summed E-state index contributed by atoms with van der Waals surface area (Å²) in [6.07, 6.45) is 1.42. The fourth-order valence-electron chi connectivity index (χ4n) is 2.50. The van der Waals surface area contributed by atoms with Crippen LogP contribution in [0.3, 0.4) is 0 Å². The van der Waals surface area contributed by atoms with Gasteiger partial charge in [-0.2, -0.15) is 0 Å². The molecule has 2 rings (SSSR count). The monoisotopic (exact) mass is 372 g/mol. The highest BCUT2D eigenvalue weighted by Gasteiger charge is 2.28. The number of hydrogen-bond donors (Lipinski definition) is 1. The Hall–Kier alpha value is -1.07. The molecular weight excluding hydrogens is 356 g/mol. The van der Waals surface area contributed by atoms with Gasteiger partial charge in [0.1, 0.15) is 0 Å². The fraction of sp³-hybridized carbons (Fsp3) is 0.467. The summed E-state index contributed by atoms with van der Waals surface area (Å²) in [5, 5.41) is 3.43. The second-order valence-corrected chi connectivity index (χ2v) is 6.38. The topological polar surface area (TPSA) is 49.4 Å². The summed E-state index contributed by atoms with van der Waals surface area (Å²) in [7, 11) is 0. The highest BCUT2D eigenvalue weighted by molar-refractivity contribution is 9.10. The van der Waals surface area contributed by atoms with Crippen LogP contribution in [0, 0.1) is 5.92 Å². The van der Waals surface area contributed by atoms with E-state index in [2.05, 4.69) is 21.2 Å². The van der Waals surface area contributed by atoms with Gasteiger partial charge in [0.15, 0.2) is 0 Å². The van der Waals surface area contributed by atoms with Crippen molar-refractivity contribution in [2.45, 2.75) is 19.8 Å². The van der Waals surface area contributed by atoms with Crippen molar-refractivity contribution in [1.29, 1.82) is 0 Å². The molecule has 114 valence electrons. The lowest BCUT2D eigenvalue weighted by molar-refractivity contribution is -0.126. The van der Waals surface area contributed by atoms with Crippen LogP contribution in [0.15, 0.2) is 22.7 Å². The van der Waals surface area contributed by atoms with Crippen LogP contribution >= 0.6 is 27.5 Å². The molecule has 6 heteroatoms. The van der Waals surface area contributed by atoms with E-state index in [0.29, 0.717) is 47.5 Å². The Morgan fingerprint density at radius 1 is 1.38 bits per heavy atom. The number of nitrogens with zero attached hydrogens (tertiary/aromatic N) is 1. The molecule has 2 amide bonds. The van der Waals surface area contributed by atoms with Gasteiger partial charge < -0.3 is 10.2 Å². The highest BCUT2D eigenvalue weighted by atomic mass is 79.9. The lowest BCUT2D eigenvalue weighted by Crippen LogP contribution is -2.43. The van der Waals surface area contributed by atoms with Crippen LogP contribution in [-0.4, -0.2) is 36.3 Å². The largest absolute Gasteiger partial charge is 0.356 e. The molecule has 1 aliphatic rings. The number of amides is 2. The summed E-state index contributed by atoms with van der Waals surface area (Å²) >= 11 is 9.27. The normalized spacial score (nSPS) is 15.9. The van der Waals surface area contributed by atoms with Crippen LogP contribution in [0.2, 0.25) is 5.02 Å². The van der Waals surface area contributed by atoms with Crippen LogP contribution in [-0.2, 0) is 4.79 Å². The molecule has 0 aliphatic carbocycles. The van der Waals surface area contributed by atoms with Gasteiger partial charge in [-0.25, -0.2) is 0 Å². The number of piperidine rings is 1. The first kappa shape index (κ1) is 16.3. The molecule has 1 aliphatic heterocycles. The molecule has 1 saturated heterocycles. The van der Waals surface area contributed by atoms with E-state index in [1.165, 1.54) is 0 Å². The maximum Gasteiger partial charge on any atom is 0.254 e. The third kappa shape index (κ3) is 3.98. The molecule has 0 saturated carbocycles. The van der Waals surface area contributed by atoms with Crippen molar-refractivity contribution < 1.29 is 9.59 Å². The number of nitrogens with one attached hydrogen (secondary N) is 1. The van der Waals surface area contributed by atoms with Crippen LogP contribution in [0.25, 0.3) is 0 Å². The molecule has 0 bridgehead atoms. The third-order valence-electron chi connectivity index (χ3n) is 3.67. The van der Waals surface area contributed by atoms with Crippen molar-refractivity contribution in [2.75, 3.05) is 19.6 Å². The van der Waals surface area contributed by atoms with E-state index in [1.54, 1.807) is 23.1 Å². The summed E-state index contributed by atoms with van der Waals surface area (Å²) < 4.78 is 0.700. The minimum Gasteiger partial charge on any atom is -0.356 e. The number of carbonyl (C=O) groups excluding carboxylic acids is 2. The first-order chi connectivity index (χ1) is 10.0. The molecule has 21 heavy (non-hydrogen) atoms. The number of benzene rings is 1. The second kappa shape index (κ2) is 7.27. The lowest BCUT2D eigenvalue weighted by Gasteiger charge is -2.31. The van der Waals surface area contributed by atoms with E-state index < -0.39 is 0 Å². The summed E-state index contributed by atoms with van der Waals surface area (Å²) in [6.45, 7) is 3.77. The van der Waals surface area contributed by atoms with Gasteiger partial charge in [-0.15, -0.1) is 0 Å². The second-order valence-electron chi connectivity index (χ2n) is 5.09. The molecule has 0 unspecified atom stereocenters. The maximum atomic E-state index is 12.5. The van der Waals surface area contributed by atoms with Gasteiger partial charge in [0, 0.05) is 35.0 Å². The van der Waals surface area contributed by atoms with Crippen LogP contribution < -0.4 is 5.32 Å². The SMILES string of the molecule is CCNC(=O)C1CCN(C(=O)c2ccc(Cl)cc2Br)CC1. The zero-order valence-electron chi connectivity index (χ0n) is 11.9. The standard InChI is InChI=1S/C15H18BrClN2O2/c1-2-18-14(20)10-5-7-19(8-6-10)15(21)12-4-3-11(17)9-13(12)16/h3-4,9-10H,2,5-8H2,1H3,(H,18,20). The van der Waals surface area contributed by atoms with E-state index in [1.807, 2.05) is 6.92 Å². The fourth-order valence-corrected chi connectivity index (χ4v) is 3.35. The number of halogens is 2. The average molecular weight is 374 g/mol. The minimum atomic E-state index is -0.0205. The Balaban J connectivity index is 1.98. The first-order valence-electron chi connectivity index (χ1n) is 7.05. The Kier molecular flexibility index (Phi) is 5.65. The van der Waals surface area contributed by atoms with Gasteiger partial charge in [-0.05, 0) is 53.9 Å². The Bertz CT molecular complexity index is 542. The van der Waals surface area contributed by atoms with Crippen molar-refractivity contribution in [3.63, 3.8) is 0 Å². The van der Waals surface area contributed by atoms with Crippen LogP contribution in [0.1, 0.15) is 30.1 Å². The Morgan fingerprint density at radius 3 is 2.62 bits per heavy atom. The predicted octanol–water partition coefficient (Wildman–Crippen LogP) is 3.09. The smallest absolute Gasteiger partial charge is 0.254 e. The third-order valence-corrected chi connectivity index (χ3v) is 4.56. The Morgan fingerprint density at radius 2 is 2.05 bits per heavy atom. The summed E-state index contributed by atoms with van der Waals surface area (Å²) in [4.78, 5) is 26.1. The van der Waals surface area contributed by atoms with Crippen molar-refractivity contribution in [2.24, 2.45) is 5.92 Å². The average Bonchev–Trinajstić information content (AvgIpc) is 2.47. The highest BCUT2D eigenvalue weighted by Crippen LogP contribution is 2.25. The number of likely N-dealkylation sites (tertiary alicyclic amines) is 1. The maximum absolute atomic E-state index is 12.5. The van der Waals surface area contributed by atoms with Crippen molar-refractivity contribution in [3.8, 4) is 0 Å². The molecule has 0 spiro atoms. The van der Waals surface area contributed by atoms with E-state index in [4.69, 9.17) is 11.6 Å². The van der Waals surface area contributed by atoms with Crippen molar-refractivity contribution in [1.82, 2.24) is 10.2 Å². The zero-order valence-corrected chi connectivity index (χ0v) is 14.2. The molecule has 1 aromatic rings. The minimum absolute atomic E-state index is 0.0164. The lowest BCUT2D eigenvalue weighted by atomic mass is 9.95. The van der Waals surface area contributed by atoms with Crippen molar-refractivity contribution in [3.05, 3.63) is 33.3 Å². The summed E-state index contributed by atoms with van der Waals surface area (Å²) in [5.41, 5.74) is 0.607. The van der Waals surface area contributed by atoms with Crippen LogP contribution in [0.5, 0.6) is 0 Å². The van der Waals surface area contributed by atoms with E-state index >= 15 is 0 Å². The van der Waals surface area contributed by atoms with E-state index in [-0.39, 0.29) is 17.7 Å². The Labute approximate surface area is 138 Å². The van der Waals surface area contributed by atoms with Gasteiger partial charge in [-0.3, -0.25) is 9.59 Å². The molecule has 0 radical (unpaired) electrons. The van der Waals surface area contributed by atoms with E-state index in [0.717, 1.165) is 0 Å². The number of carbonyl (C=O) groups is 2. The van der Waals surface area contributed by atoms with Gasteiger partial charge in [0.2, 0.25) is 5.91 Å². The van der Waals surface area contributed by atoms with Gasteiger partial charge >= 0.3 is 0 Å². The molecule has 4 nitrogen and oxygen atoms in total. The molecule has 0 atom stereocenters. The molecule has 1 aromatic carbocycles. The molecule has 1 N–H and O–H groups in total. The molecule has 1 heterocycles. The summed E-state index contributed by atoms with van der Waals surface area (Å²) in [6, 6.07) is 5.15. The summed E-state index contributed by atoms with van der Waals surface area (Å²) in [5.74, 6) is 0.0906. The molecule has 0 aromatic heterocycles. The van der Waals surface area contributed by atoms with Crippen molar-refractivity contribution >= 4 is 39.3 Å². The number of rotatable bonds is 3. The number of hydrogen-bond acceptors (Lipinski definition) is 2. The quantitative estimate of drug-likeness (QED) is 0.885. The van der Waals surface area contributed by atoms with Gasteiger partial charge in [-0.1, -0.05) is 11.6 Å². The van der Waals surface area contributed by atoms with Gasteiger partial charge in [0.25, 0.3) is 5.91 Å².